The summed E-state index contributed by atoms with van der Waals surface area (Å²) >= 11 is 6.54. The van der Waals surface area contributed by atoms with E-state index in [4.69, 9.17) is 16.3 Å². The third-order valence-electron chi connectivity index (χ3n) is 5.80. The highest BCUT2D eigenvalue weighted by Gasteiger charge is 2.29. The molecule has 27 heavy (non-hydrogen) atoms. The van der Waals surface area contributed by atoms with Gasteiger partial charge in [-0.3, -0.25) is 4.90 Å². The first-order valence-electron chi connectivity index (χ1n) is 9.92. The van der Waals surface area contributed by atoms with Gasteiger partial charge >= 0.3 is 0 Å². The number of morpholine rings is 1. The molecule has 2 aliphatic heterocycles. The second-order valence-corrected chi connectivity index (χ2v) is 9.17. The molecule has 1 atom stereocenters. The summed E-state index contributed by atoms with van der Waals surface area (Å²) in [6, 6.07) is 6.14. The van der Waals surface area contributed by atoms with Gasteiger partial charge in [-0.1, -0.05) is 17.7 Å². The average Bonchev–Trinajstić information content (AvgIpc) is 2.61. The molecule has 0 N–H and O–H groups in total. The van der Waals surface area contributed by atoms with E-state index in [-0.39, 0.29) is 11.6 Å². The van der Waals surface area contributed by atoms with Crippen molar-refractivity contribution >= 4 is 17.3 Å². The predicted octanol–water partition coefficient (Wildman–Crippen LogP) is 4.86. The minimum Gasteiger partial charge on any atom is -0.375 e. The standard InChI is InChI=1S/C21H31ClF2N2O/c1-21(2,3)26-10-11-27-17(14-26)12-15-4-5-19(18(22)13-15)25-8-6-16(7-9-25)20(23)24/h4-5,13,16-17,20H,6-12,14H2,1-3H3. The Balaban J connectivity index is 1.60. The van der Waals surface area contributed by atoms with Gasteiger partial charge < -0.3 is 9.64 Å². The van der Waals surface area contributed by atoms with Crippen molar-refractivity contribution < 1.29 is 13.5 Å². The molecule has 2 aliphatic rings. The van der Waals surface area contributed by atoms with Crippen LogP contribution in [0.15, 0.2) is 18.2 Å². The molecule has 3 nitrogen and oxygen atoms in total. The highest BCUT2D eigenvalue weighted by molar-refractivity contribution is 6.33. The number of ether oxygens (including phenoxy) is 1. The number of nitrogens with zero attached hydrogens (tertiary/aromatic N) is 2. The summed E-state index contributed by atoms with van der Waals surface area (Å²) in [5, 5.41) is 0.700. The first-order valence-corrected chi connectivity index (χ1v) is 10.3. The lowest BCUT2D eigenvalue weighted by Gasteiger charge is -2.41. The van der Waals surface area contributed by atoms with Gasteiger partial charge in [-0.05, 0) is 57.7 Å². The maximum atomic E-state index is 12.8. The van der Waals surface area contributed by atoms with E-state index in [1.807, 2.05) is 12.1 Å². The van der Waals surface area contributed by atoms with Crippen LogP contribution in [0.3, 0.4) is 0 Å². The Kier molecular flexibility index (Phi) is 6.65. The Morgan fingerprint density at radius 1 is 1.19 bits per heavy atom. The van der Waals surface area contributed by atoms with Crippen molar-refractivity contribution in [3.05, 3.63) is 28.8 Å². The van der Waals surface area contributed by atoms with E-state index in [9.17, 15) is 8.78 Å². The third kappa shape index (κ3) is 5.33. The van der Waals surface area contributed by atoms with E-state index < -0.39 is 12.3 Å². The van der Waals surface area contributed by atoms with Crippen LogP contribution in [0.1, 0.15) is 39.2 Å². The molecule has 0 radical (unpaired) electrons. The molecule has 0 amide bonds. The van der Waals surface area contributed by atoms with Crippen LogP contribution < -0.4 is 4.90 Å². The van der Waals surface area contributed by atoms with Crippen molar-refractivity contribution in [3.63, 3.8) is 0 Å². The van der Waals surface area contributed by atoms with Crippen LogP contribution in [-0.4, -0.2) is 55.8 Å². The van der Waals surface area contributed by atoms with Crippen molar-refractivity contribution in [1.82, 2.24) is 4.90 Å². The quantitative estimate of drug-likeness (QED) is 0.717. The first kappa shape index (κ1) is 20.8. The number of alkyl halides is 2. The summed E-state index contributed by atoms with van der Waals surface area (Å²) in [5.41, 5.74) is 2.26. The van der Waals surface area contributed by atoms with E-state index in [0.29, 0.717) is 31.0 Å². The molecule has 2 fully saturated rings. The highest BCUT2D eigenvalue weighted by atomic mass is 35.5. The van der Waals surface area contributed by atoms with Crippen LogP contribution in [0, 0.1) is 5.92 Å². The zero-order chi connectivity index (χ0) is 19.6. The number of benzene rings is 1. The fraction of sp³-hybridized carbons (Fsp3) is 0.714. The Hall–Kier alpha value is -0.910. The van der Waals surface area contributed by atoms with Gasteiger partial charge in [0.1, 0.15) is 0 Å². The van der Waals surface area contributed by atoms with Crippen LogP contribution in [-0.2, 0) is 11.2 Å². The lowest BCUT2D eigenvalue weighted by atomic mass is 9.96. The predicted molar refractivity (Wildman–Crippen MR) is 107 cm³/mol. The number of halogens is 3. The molecular weight excluding hydrogens is 370 g/mol. The number of piperidine rings is 1. The van der Waals surface area contributed by atoms with Gasteiger partial charge in [-0.25, -0.2) is 8.78 Å². The van der Waals surface area contributed by atoms with Gasteiger partial charge in [0.2, 0.25) is 6.43 Å². The van der Waals surface area contributed by atoms with Crippen molar-refractivity contribution in [1.29, 1.82) is 0 Å². The SMILES string of the molecule is CC(C)(C)N1CCOC(Cc2ccc(N3CCC(C(F)F)CC3)c(Cl)c2)C1. The molecule has 0 aliphatic carbocycles. The molecule has 0 spiro atoms. The lowest BCUT2D eigenvalue weighted by Crippen LogP contribution is -2.51. The minimum absolute atomic E-state index is 0.147. The van der Waals surface area contributed by atoms with Gasteiger partial charge in [0, 0.05) is 37.6 Å². The van der Waals surface area contributed by atoms with E-state index >= 15 is 0 Å². The second-order valence-electron chi connectivity index (χ2n) is 8.76. The molecule has 1 unspecified atom stereocenters. The number of hydrogen-bond donors (Lipinski definition) is 0. The summed E-state index contributed by atoms with van der Waals surface area (Å²) in [4.78, 5) is 4.59. The molecule has 2 heterocycles. The smallest absolute Gasteiger partial charge is 0.241 e. The normalized spacial score (nSPS) is 23.2. The molecule has 1 aromatic rings. The van der Waals surface area contributed by atoms with Crippen LogP contribution in [0.25, 0.3) is 0 Å². The lowest BCUT2D eigenvalue weighted by molar-refractivity contribution is -0.0571. The van der Waals surface area contributed by atoms with Gasteiger partial charge in [-0.15, -0.1) is 0 Å². The van der Waals surface area contributed by atoms with Crippen LogP contribution in [0.4, 0.5) is 14.5 Å². The largest absolute Gasteiger partial charge is 0.375 e. The molecule has 0 bridgehead atoms. The second kappa shape index (κ2) is 8.62. The van der Waals surface area contributed by atoms with Gasteiger partial charge in [0.05, 0.1) is 23.4 Å². The fourth-order valence-electron chi connectivity index (χ4n) is 4.04. The van der Waals surface area contributed by atoms with E-state index in [0.717, 1.165) is 37.4 Å². The van der Waals surface area contributed by atoms with E-state index in [1.54, 1.807) is 0 Å². The van der Waals surface area contributed by atoms with Gasteiger partial charge in [-0.2, -0.15) is 0 Å². The van der Waals surface area contributed by atoms with Crippen LogP contribution in [0.2, 0.25) is 5.02 Å². The maximum absolute atomic E-state index is 12.8. The monoisotopic (exact) mass is 400 g/mol. The number of hydrogen-bond acceptors (Lipinski definition) is 3. The minimum atomic E-state index is -2.21. The topological polar surface area (TPSA) is 15.7 Å². The van der Waals surface area contributed by atoms with E-state index in [2.05, 4.69) is 36.6 Å². The Labute approximate surface area is 166 Å². The molecular formula is C21H31ClF2N2O. The fourth-order valence-corrected chi connectivity index (χ4v) is 4.36. The average molecular weight is 401 g/mol. The molecule has 0 aromatic heterocycles. The van der Waals surface area contributed by atoms with Crippen molar-refractivity contribution in [3.8, 4) is 0 Å². The third-order valence-corrected chi connectivity index (χ3v) is 6.10. The van der Waals surface area contributed by atoms with Crippen molar-refractivity contribution in [2.24, 2.45) is 5.92 Å². The highest BCUT2D eigenvalue weighted by Crippen LogP contribution is 2.32. The van der Waals surface area contributed by atoms with Crippen LogP contribution >= 0.6 is 11.6 Å². The molecule has 2 saturated heterocycles. The first-order chi connectivity index (χ1) is 12.7. The maximum Gasteiger partial charge on any atom is 0.241 e. The summed E-state index contributed by atoms with van der Waals surface area (Å²) in [6.07, 6.45) is -0.169. The summed E-state index contributed by atoms with van der Waals surface area (Å²) < 4.78 is 31.7. The van der Waals surface area contributed by atoms with E-state index in [1.165, 1.54) is 0 Å². The number of anilines is 1. The van der Waals surface area contributed by atoms with Gasteiger partial charge in [0.25, 0.3) is 0 Å². The van der Waals surface area contributed by atoms with Gasteiger partial charge in [0.15, 0.2) is 0 Å². The molecule has 0 saturated carbocycles. The molecule has 152 valence electrons. The molecule has 3 rings (SSSR count). The summed E-state index contributed by atoms with van der Waals surface area (Å²) in [5.74, 6) is -0.478. The zero-order valence-corrected chi connectivity index (χ0v) is 17.3. The van der Waals surface area contributed by atoms with Crippen molar-refractivity contribution in [2.75, 3.05) is 37.7 Å². The number of rotatable bonds is 4. The zero-order valence-electron chi connectivity index (χ0n) is 16.6. The van der Waals surface area contributed by atoms with Crippen molar-refractivity contribution in [2.45, 2.75) is 58.1 Å². The molecule has 1 aromatic carbocycles. The molecule has 6 heteroatoms. The summed E-state index contributed by atoms with van der Waals surface area (Å²) in [6.45, 7) is 10.6. The Morgan fingerprint density at radius 3 is 2.48 bits per heavy atom. The summed E-state index contributed by atoms with van der Waals surface area (Å²) in [7, 11) is 0. The Bertz CT molecular complexity index is 627. The Morgan fingerprint density at radius 2 is 1.89 bits per heavy atom. The van der Waals surface area contributed by atoms with Crippen LogP contribution in [0.5, 0.6) is 0 Å².